The first-order chi connectivity index (χ1) is 9.11. The third-order valence-corrected chi connectivity index (χ3v) is 3.68. The van der Waals surface area contributed by atoms with Crippen molar-refractivity contribution in [2.24, 2.45) is 0 Å². The van der Waals surface area contributed by atoms with E-state index in [1.807, 2.05) is 12.1 Å². The Morgan fingerprint density at radius 2 is 1.79 bits per heavy atom. The second-order valence-corrected chi connectivity index (χ2v) is 4.79. The van der Waals surface area contributed by atoms with Crippen molar-refractivity contribution in [1.82, 2.24) is 14.5 Å². The molecule has 0 amide bonds. The predicted molar refractivity (Wildman–Crippen MR) is 77.5 cm³/mol. The Hall–Kier alpha value is -2.36. The van der Waals surface area contributed by atoms with Gasteiger partial charge in [0.1, 0.15) is 12.1 Å². The molecule has 3 aromatic rings. The van der Waals surface area contributed by atoms with Crippen LogP contribution >= 0.6 is 0 Å². The smallest absolute Gasteiger partial charge is 0.150 e. The zero-order valence-electron chi connectivity index (χ0n) is 11.3. The number of para-hydroxylation sites is 1. The van der Waals surface area contributed by atoms with E-state index in [1.54, 1.807) is 0 Å². The van der Waals surface area contributed by atoms with Crippen LogP contribution in [-0.2, 0) is 0 Å². The van der Waals surface area contributed by atoms with Crippen molar-refractivity contribution < 1.29 is 0 Å². The number of anilines is 1. The summed E-state index contributed by atoms with van der Waals surface area (Å²) in [5.74, 6) is 0.540. The third kappa shape index (κ3) is 1.60. The molecule has 0 bridgehead atoms. The average molecular weight is 252 g/mol. The number of hydrogen-bond acceptors (Lipinski definition) is 3. The molecule has 19 heavy (non-hydrogen) atoms. The number of aryl methyl sites for hydroxylation is 2. The van der Waals surface area contributed by atoms with Gasteiger partial charge in [-0.25, -0.2) is 9.97 Å². The lowest BCUT2D eigenvalue weighted by Crippen LogP contribution is -2.01. The van der Waals surface area contributed by atoms with Crippen LogP contribution in [0.5, 0.6) is 0 Å². The Bertz CT molecular complexity index is 771. The highest BCUT2D eigenvalue weighted by atomic mass is 15.1. The molecule has 2 N–H and O–H groups in total. The minimum Gasteiger partial charge on any atom is -0.383 e. The SMILES string of the molecule is Cc1ccccc1-n1c(C)c(C)c2c(N)ncnc21. The number of rotatable bonds is 1. The summed E-state index contributed by atoms with van der Waals surface area (Å²) in [6.45, 7) is 6.25. The molecule has 0 saturated carbocycles. The highest BCUT2D eigenvalue weighted by Crippen LogP contribution is 2.30. The number of nitrogen functional groups attached to an aromatic ring is 1. The van der Waals surface area contributed by atoms with E-state index < -0.39 is 0 Å². The molecule has 1 aromatic carbocycles. The molecular weight excluding hydrogens is 236 g/mol. The fourth-order valence-electron chi connectivity index (χ4n) is 2.54. The third-order valence-electron chi connectivity index (χ3n) is 3.68. The minimum absolute atomic E-state index is 0.540. The number of hydrogen-bond donors (Lipinski definition) is 1. The fraction of sp³-hybridized carbons (Fsp3) is 0.200. The Labute approximate surface area is 111 Å². The molecule has 0 unspecified atom stereocenters. The predicted octanol–water partition coefficient (Wildman–Crippen LogP) is 2.93. The standard InChI is InChI=1S/C15H16N4/c1-9-6-4-5-7-12(9)19-11(3)10(2)13-14(16)17-8-18-15(13)19/h4-8H,1-3H3,(H2,16,17,18). The molecule has 0 spiro atoms. The van der Waals surface area contributed by atoms with Gasteiger partial charge in [-0.3, -0.25) is 4.57 Å². The molecule has 3 rings (SSSR count). The van der Waals surface area contributed by atoms with Gasteiger partial charge < -0.3 is 5.73 Å². The summed E-state index contributed by atoms with van der Waals surface area (Å²) >= 11 is 0. The first-order valence-electron chi connectivity index (χ1n) is 6.25. The number of benzene rings is 1. The zero-order chi connectivity index (χ0) is 13.6. The summed E-state index contributed by atoms with van der Waals surface area (Å²) in [5, 5.41) is 0.947. The van der Waals surface area contributed by atoms with Crippen molar-refractivity contribution in [2.75, 3.05) is 5.73 Å². The molecule has 0 aliphatic rings. The molecule has 2 aromatic heterocycles. The second kappa shape index (κ2) is 4.09. The fourth-order valence-corrected chi connectivity index (χ4v) is 2.54. The molecule has 0 radical (unpaired) electrons. The lowest BCUT2D eigenvalue weighted by Gasteiger charge is -2.10. The molecule has 0 aliphatic carbocycles. The van der Waals surface area contributed by atoms with E-state index in [0.29, 0.717) is 5.82 Å². The van der Waals surface area contributed by atoms with Crippen molar-refractivity contribution in [3.05, 3.63) is 47.4 Å². The maximum absolute atomic E-state index is 5.99. The molecule has 2 heterocycles. The first-order valence-corrected chi connectivity index (χ1v) is 6.25. The van der Waals surface area contributed by atoms with Crippen LogP contribution in [0, 0.1) is 20.8 Å². The minimum atomic E-state index is 0.540. The van der Waals surface area contributed by atoms with Crippen molar-refractivity contribution in [3.8, 4) is 5.69 Å². The van der Waals surface area contributed by atoms with Gasteiger partial charge in [-0.1, -0.05) is 18.2 Å². The van der Waals surface area contributed by atoms with Crippen LogP contribution in [0.4, 0.5) is 5.82 Å². The Morgan fingerprint density at radius 3 is 2.53 bits per heavy atom. The van der Waals surface area contributed by atoms with E-state index in [4.69, 9.17) is 5.73 Å². The van der Waals surface area contributed by atoms with Gasteiger partial charge in [0.15, 0.2) is 5.65 Å². The molecule has 0 fully saturated rings. The van der Waals surface area contributed by atoms with E-state index in [9.17, 15) is 0 Å². The number of nitrogens with two attached hydrogens (primary N) is 1. The van der Waals surface area contributed by atoms with Crippen LogP contribution in [0.3, 0.4) is 0 Å². The van der Waals surface area contributed by atoms with Gasteiger partial charge in [-0.05, 0) is 38.0 Å². The van der Waals surface area contributed by atoms with Gasteiger partial charge in [0.25, 0.3) is 0 Å². The summed E-state index contributed by atoms with van der Waals surface area (Å²) in [5.41, 5.74) is 11.5. The summed E-state index contributed by atoms with van der Waals surface area (Å²) in [6, 6.07) is 8.27. The van der Waals surface area contributed by atoms with Crippen molar-refractivity contribution >= 4 is 16.9 Å². The van der Waals surface area contributed by atoms with Gasteiger partial charge in [0, 0.05) is 5.69 Å². The highest BCUT2D eigenvalue weighted by molar-refractivity contribution is 5.92. The van der Waals surface area contributed by atoms with Gasteiger partial charge in [0.05, 0.1) is 11.1 Å². The Kier molecular flexibility index (Phi) is 2.52. The molecular formula is C15H16N4. The van der Waals surface area contributed by atoms with E-state index in [1.165, 1.54) is 11.9 Å². The molecule has 0 saturated heterocycles. The highest BCUT2D eigenvalue weighted by Gasteiger charge is 2.16. The number of fused-ring (bicyclic) bond motifs is 1. The monoisotopic (exact) mass is 252 g/mol. The summed E-state index contributed by atoms with van der Waals surface area (Å²) in [7, 11) is 0. The lowest BCUT2D eigenvalue weighted by atomic mass is 10.2. The van der Waals surface area contributed by atoms with E-state index in [-0.39, 0.29) is 0 Å². The van der Waals surface area contributed by atoms with Gasteiger partial charge in [-0.15, -0.1) is 0 Å². The van der Waals surface area contributed by atoms with Crippen LogP contribution in [0.25, 0.3) is 16.7 Å². The Morgan fingerprint density at radius 1 is 1.05 bits per heavy atom. The maximum atomic E-state index is 5.99. The molecule has 4 heteroatoms. The normalized spacial score (nSPS) is 11.1. The maximum Gasteiger partial charge on any atom is 0.150 e. The van der Waals surface area contributed by atoms with Crippen LogP contribution in [-0.4, -0.2) is 14.5 Å². The summed E-state index contributed by atoms with van der Waals surface area (Å²) in [6.07, 6.45) is 1.52. The Balaban J connectivity index is 2.46. The first kappa shape index (κ1) is 11.7. The largest absolute Gasteiger partial charge is 0.383 e. The van der Waals surface area contributed by atoms with Crippen molar-refractivity contribution in [1.29, 1.82) is 0 Å². The van der Waals surface area contributed by atoms with Crippen molar-refractivity contribution in [3.63, 3.8) is 0 Å². The van der Waals surface area contributed by atoms with Crippen molar-refractivity contribution in [2.45, 2.75) is 20.8 Å². The summed E-state index contributed by atoms with van der Waals surface area (Å²) in [4.78, 5) is 8.51. The zero-order valence-corrected chi connectivity index (χ0v) is 11.3. The van der Waals surface area contributed by atoms with E-state index in [2.05, 4.69) is 47.4 Å². The van der Waals surface area contributed by atoms with Crippen LogP contribution < -0.4 is 5.73 Å². The number of nitrogens with zero attached hydrogens (tertiary/aromatic N) is 3. The average Bonchev–Trinajstić information content (AvgIpc) is 2.64. The summed E-state index contributed by atoms with van der Waals surface area (Å²) < 4.78 is 2.15. The van der Waals surface area contributed by atoms with Gasteiger partial charge in [-0.2, -0.15) is 0 Å². The quantitative estimate of drug-likeness (QED) is 0.724. The molecule has 0 atom stereocenters. The number of aromatic nitrogens is 3. The van der Waals surface area contributed by atoms with Crippen LogP contribution in [0.15, 0.2) is 30.6 Å². The van der Waals surface area contributed by atoms with Crippen LogP contribution in [0.1, 0.15) is 16.8 Å². The van der Waals surface area contributed by atoms with E-state index in [0.717, 1.165) is 28.0 Å². The molecule has 4 nitrogen and oxygen atoms in total. The van der Waals surface area contributed by atoms with E-state index >= 15 is 0 Å². The second-order valence-electron chi connectivity index (χ2n) is 4.79. The molecule has 0 aliphatic heterocycles. The lowest BCUT2D eigenvalue weighted by molar-refractivity contribution is 1.00. The van der Waals surface area contributed by atoms with Crippen LogP contribution in [0.2, 0.25) is 0 Å². The molecule has 96 valence electrons. The topological polar surface area (TPSA) is 56.7 Å². The van der Waals surface area contributed by atoms with Gasteiger partial charge >= 0.3 is 0 Å². The van der Waals surface area contributed by atoms with Gasteiger partial charge in [0.2, 0.25) is 0 Å².